The third-order valence-corrected chi connectivity index (χ3v) is 6.56. The maximum atomic E-state index is 10.4. The number of phenolic OH excluding ortho intramolecular Hbond substituents is 2. The average Bonchev–Trinajstić information content (AvgIpc) is 2.81. The molecule has 0 fully saturated rings. The van der Waals surface area contributed by atoms with Gasteiger partial charge in [0.05, 0.1) is 0 Å². The summed E-state index contributed by atoms with van der Waals surface area (Å²) in [5.74, 6) is 0.927. The summed E-state index contributed by atoms with van der Waals surface area (Å²) in [6, 6.07) is 8.35. The third kappa shape index (κ3) is 18.3. The summed E-state index contributed by atoms with van der Waals surface area (Å²) in [5, 5.41) is 20.8. The van der Waals surface area contributed by atoms with Gasteiger partial charge in [0.2, 0.25) is 0 Å². The van der Waals surface area contributed by atoms with Gasteiger partial charge in [-0.05, 0) is 85.5 Å². The van der Waals surface area contributed by atoms with E-state index in [1.54, 1.807) is 0 Å². The molecule has 0 aliphatic rings. The van der Waals surface area contributed by atoms with E-state index in [0.717, 1.165) is 48.7 Å². The molecule has 0 aromatic heterocycles. The van der Waals surface area contributed by atoms with Gasteiger partial charge in [-0.1, -0.05) is 118 Å². The Labute approximate surface area is 306 Å². The molecule has 2 N–H and O–H groups in total. The zero-order chi connectivity index (χ0) is 33.7. The summed E-state index contributed by atoms with van der Waals surface area (Å²) in [7, 11) is 0. The Morgan fingerprint density at radius 3 is 0.698 bits per heavy atom. The van der Waals surface area contributed by atoms with Crippen LogP contribution in [-0.4, -0.2) is 36.6 Å². The van der Waals surface area contributed by atoms with Crippen LogP contribution in [0.15, 0.2) is 24.3 Å². The van der Waals surface area contributed by atoms with E-state index in [-0.39, 0.29) is 68.6 Å². The molecule has 4 nitrogen and oxygen atoms in total. The molecule has 0 bridgehead atoms. The normalized spacial score (nSPS) is 11.6. The van der Waals surface area contributed by atoms with Gasteiger partial charge in [-0.25, -0.2) is 0 Å². The molecule has 2 rings (SSSR count). The van der Waals surface area contributed by atoms with Crippen LogP contribution in [0, 0.1) is 60.8 Å². The van der Waals surface area contributed by atoms with Crippen molar-refractivity contribution in [1.29, 1.82) is 0 Å². The fourth-order valence-corrected chi connectivity index (χ4v) is 4.25. The number of benzene rings is 2. The first-order valence-electron chi connectivity index (χ1n) is 15.7. The smallest absolute Gasteiger partial charge is 0.123 e. The molecule has 0 saturated carbocycles. The van der Waals surface area contributed by atoms with Crippen LogP contribution in [0.4, 0.5) is 0 Å². The number of ether oxygens (including phenoxy) is 2. The van der Waals surface area contributed by atoms with Gasteiger partial charge in [0.15, 0.2) is 0 Å². The van der Waals surface area contributed by atoms with Crippen LogP contribution in [0.3, 0.4) is 0 Å². The van der Waals surface area contributed by atoms with E-state index in [4.69, 9.17) is 9.47 Å². The Hall–Kier alpha value is -0.521. The van der Waals surface area contributed by atoms with Gasteiger partial charge in [0.1, 0.15) is 11.5 Å². The summed E-state index contributed by atoms with van der Waals surface area (Å²) in [4.78, 5) is 0. The van der Waals surface area contributed by atoms with Crippen molar-refractivity contribution in [2.75, 3.05) is 26.4 Å². The fourth-order valence-electron chi connectivity index (χ4n) is 4.25. The summed E-state index contributed by atoms with van der Waals surface area (Å²) >= 11 is 0. The van der Waals surface area contributed by atoms with Gasteiger partial charge >= 0.3 is 0 Å². The molecule has 0 atom stereocenters. The predicted octanol–water partition coefficient (Wildman–Crippen LogP) is 10.7. The van der Waals surface area contributed by atoms with Gasteiger partial charge in [0.25, 0.3) is 0 Å². The van der Waals surface area contributed by atoms with E-state index in [1.807, 2.05) is 27.7 Å². The second kappa shape index (κ2) is 20.6. The Morgan fingerprint density at radius 1 is 0.442 bits per heavy atom. The zero-order valence-corrected chi connectivity index (χ0v) is 32.8. The Balaban J connectivity index is -0.000000558. The summed E-state index contributed by atoms with van der Waals surface area (Å²) in [6.45, 7) is 41.1. The molecule has 0 aliphatic heterocycles. The van der Waals surface area contributed by atoms with E-state index in [0.29, 0.717) is 11.5 Å². The van der Waals surface area contributed by atoms with Crippen molar-refractivity contribution in [3.8, 4) is 11.5 Å². The molecule has 43 heavy (non-hydrogen) atoms. The predicted molar refractivity (Wildman–Crippen MR) is 185 cm³/mol. The van der Waals surface area contributed by atoms with Crippen LogP contribution in [0.1, 0.15) is 144 Å². The van der Waals surface area contributed by atoms with E-state index in [2.05, 4.69) is 121 Å². The SMILES string of the molecule is CCOCC.CCOCC.Cc1cc(C(C)(C)C)c(O)c(C(C)(C)C)c1.Cc1cc(C(C)(C)C)c(O)c(C(C)(C)C)c1.[Yb]. The average molecular weight is 762 g/mol. The van der Waals surface area contributed by atoms with E-state index in [1.165, 1.54) is 11.1 Å². The van der Waals surface area contributed by atoms with Crippen molar-refractivity contribution in [1.82, 2.24) is 0 Å². The number of aromatic hydroxyl groups is 2. The number of hydrogen-bond acceptors (Lipinski definition) is 4. The molecular weight excluding hydrogens is 693 g/mol. The van der Waals surface area contributed by atoms with E-state index < -0.39 is 0 Å². The molecule has 2 aromatic carbocycles. The van der Waals surface area contributed by atoms with Gasteiger partial charge in [-0.15, -0.1) is 0 Å². The van der Waals surface area contributed by atoms with Crippen molar-refractivity contribution in [2.24, 2.45) is 0 Å². The van der Waals surface area contributed by atoms with Crippen LogP contribution in [-0.2, 0) is 31.1 Å². The van der Waals surface area contributed by atoms with Crippen LogP contribution in [0.25, 0.3) is 0 Å². The van der Waals surface area contributed by atoms with Crippen molar-refractivity contribution in [3.05, 3.63) is 57.6 Å². The standard InChI is InChI=1S/2C15H24O.2C4H10O.Yb/c2*1-10-8-11(14(2,3)4)13(16)12(9-10)15(5,6)7;2*1-3-5-4-2;/h2*8-9,16H,1-7H3;2*3-4H2,1-2H3;. The Bertz CT molecular complexity index is 886. The minimum absolute atomic E-state index is 0. The third-order valence-electron chi connectivity index (χ3n) is 6.56. The molecule has 2 aromatic rings. The van der Waals surface area contributed by atoms with Gasteiger partial charge in [0, 0.05) is 73.4 Å². The van der Waals surface area contributed by atoms with E-state index in [9.17, 15) is 10.2 Å². The largest absolute Gasteiger partial charge is 0.507 e. The number of phenols is 2. The maximum Gasteiger partial charge on any atom is 0.123 e. The maximum absolute atomic E-state index is 10.4. The first kappa shape index (κ1) is 46.9. The quantitative estimate of drug-likeness (QED) is 0.326. The molecule has 258 valence electrons. The molecule has 0 amide bonds. The molecule has 0 spiro atoms. The summed E-state index contributed by atoms with van der Waals surface area (Å²) in [6.07, 6.45) is 0. The Morgan fingerprint density at radius 2 is 0.605 bits per heavy atom. The van der Waals surface area contributed by atoms with E-state index >= 15 is 0 Å². The van der Waals surface area contributed by atoms with Crippen LogP contribution < -0.4 is 0 Å². The molecule has 0 aliphatic carbocycles. The number of aryl methyl sites for hydroxylation is 2. The second-order valence-corrected chi connectivity index (χ2v) is 15.0. The Kier molecular flexibility index (Phi) is 22.4. The van der Waals surface area contributed by atoms with Crippen molar-refractivity contribution >= 4 is 0 Å². The molecule has 0 unspecified atom stereocenters. The van der Waals surface area contributed by atoms with Crippen molar-refractivity contribution in [3.63, 3.8) is 0 Å². The summed E-state index contributed by atoms with van der Waals surface area (Å²) in [5.41, 5.74) is 6.52. The minimum atomic E-state index is -0.0178. The molecule has 0 saturated heterocycles. The van der Waals surface area contributed by atoms with Crippen LogP contribution >= 0.6 is 0 Å². The van der Waals surface area contributed by atoms with Crippen molar-refractivity contribution < 1.29 is 66.6 Å². The topological polar surface area (TPSA) is 58.9 Å². The molecule has 5 heteroatoms. The van der Waals surface area contributed by atoms with Crippen molar-refractivity contribution in [2.45, 2.75) is 146 Å². The first-order valence-corrected chi connectivity index (χ1v) is 15.7. The second-order valence-electron chi connectivity index (χ2n) is 15.0. The summed E-state index contributed by atoms with van der Waals surface area (Å²) < 4.78 is 9.67. The van der Waals surface area contributed by atoms with Crippen LogP contribution in [0.2, 0.25) is 0 Å². The minimum Gasteiger partial charge on any atom is -0.507 e. The number of rotatable bonds is 4. The molecule has 0 radical (unpaired) electrons. The monoisotopic (exact) mass is 762 g/mol. The van der Waals surface area contributed by atoms with Gasteiger partial charge in [-0.3, -0.25) is 0 Å². The van der Waals surface area contributed by atoms with Gasteiger partial charge in [-0.2, -0.15) is 0 Å². The van der Waals surface area contributed by atoms with Crippen LogP contribution in [0.5, 0.6) is 11.5 Å². The van der Waals surface area contributed by atoms with Gasteiger partial charge < -0.3 is 19.7 Å². The number of hydrogen-bond donors (Lipinski definition) is 2. The fraction of sp³-hybridized carbons (Fsp3) is 0.684. The molecule has 0 heterocycles. The molecular formula is C38H68O4Yb. The first-order chi connectivity index (χ1) is 18.9. The zero-order valence-electron chi connectivity index (χ0n) is 31.1.